The number of ether oxygens (including phenoxy) is 2. The van der Waals surface area contributed by atoms with Gasteiger partial charge in [-0.25, -0.2) is 4.79 Å². The zero-order valence-corrected chi connectivity index (χ0v) is 17.9. The fourth-order valence-corrected chi connectivity index (χ4v) is 3.80. The molecule has 0 aliphatic rings. The molecule has 1 amide bonds. The summed E-state index contributed by atoms with van der Waals surface area (Å²) in [7, 11) is 1.60. The Labute approximate surface area is 180 Å². The van der Waals surface area contributed by atoms with Crippen molar-refractivity contribution in [2.45, 2.75) is 13.8 Å². The maximum atomic E-state index is 12.6. The van der Waals surface area contributed by atoms with Crippen molar-refractivity contribution in [3.8, 4) is 16.9 Å². The first-order valence-corrected chi connectivity index (χ1v) is 10.4. The molecule has 2 aromatic carbocycles. The zero-order valence-electron chi connectivity index (χ0n) is 17.1. The highest BCUT2D eigenvalue weighted by Crippen LogP contribution is 2.36. The normalized spacial score (nSPS) is 10.8. The van der Waals surface area contributed by atoms with E-state index in [4.69, 9.17) is 9.47 Å². The Morgan fingerprint density at radius 2 is 1.77 bits per heavy atom. The van der Waals surface area contributed by atoms with E-state index in [0.29, 0.717) is 10.6 Å². The number of benzene rings is 2. The third kappa shape index (κ3) is 5.15. The van der Waals surface area contributed by atoms with E-state index >= 15 is 0 Å². The Hall–Kier alpha value is -3.38. The van der Waals surface area contributed by atoms with E-state index in [1.165, 1.54) is 17.4 Å². The predicted molar refractivity (Wildman–Crippen MR) is 121 cm³/mol. The van der Waals surface area contributed by atoms with Gasteiger partial charge in [-0.1, -0.05) is 42.0 Å². The number of rotatable bonds is 7. The van der Waals surface area contributed by atoms with Crippen molar-refractivity contribution in [2.75, 3.05) is 19.0 Å². The summed E-state index contributed by atoms with van der Waals surface area (Å²) >= 11 is 1.30. The lowest BCUT2D eigenvalue weighted by Crippen LogP contribution is -2.12. The highest BCUT2D eigenvalue weighted by atomic mass is 32.1. The van der Waals surface area contributed by atoms with E-state index in [9.17, 15) is 9.59 Å². The summed E-state index contributed by atoms with van der Waals surface area (Å²) in [4.78, 5) is 25.1. The molecule has 0 saturated heterocycles. The van der Waals surface area contributed by atoms with Crippen molar-refractivity contribution in [3.05, 3.63) is 76.7 Å². The molecule has 6 heteroatoms. The fourth-order valence-electron chi connectivity index (χ4n) is 2.84. The molecule has 0 aliphatic carbocycles. The van der Waals surface area contributed by atoms with Crippen molar-refractivity contribution in [3.63, 3.8) is 0 Å². The second kappa shape index (κ2) is 9.89. The first-order chi connectivity index (χ1) is 14.5. The van der Waals surface area contributed by atoms with Gasteiger partial charge < -0.3 is 14.8 Å². The Morgan fingerprint density at radius 1 is 1.07 bits per heavy atom. The van der Waals surface area contributed by atoms with Crippen molar-refractivity contribution in [2.24, 2.45) is 0 Å². The van der Waals surface area contributed by atoms with Gasteiger partial charge in [0.1, 0.15) is 16.3 Å². The van der Waals surface area contributed by atoms with Crippen LogP contribution >= 0.6 is 11.3 Å². The molecule has 0 spiro atoms. The zero-order chi connectivity index (χ0) is 21.5. The summed E-state index contributed by atoms with van der Waals surface area (Å²) in [5.41, 5.74) is 4.01. The van der Waals surface area contributed by atoms with Crippen LogP contribution < -0.4 is 10.1 Å². The third-order valence-electron chi connectivity index (χ3n) is 4.41. The second-order valence-corrected chi connectivity index (χ2v) is 7.42. The molecule has 0 fully saturated rings. The average molecular weight is 422 g/mol. The van der Waals surface area contributed by atoms with Gasteiger partial charge in [0.2, 0.25) is 5.91 Å². The number of esters is 1. The first-order valence-electron chi connectivity index (χ1n) is 9.50. The molecule has 0 atom stereocenters. The monoisotopic (exact) mass is 421 g/mol. The maximum Gasteiger partial charge on any atom is 0.341 e. The van der Waals surface area contributed by atoms with Crippen molar-refractivity contribution < 1.29 is 19.1 Å². The molecule has 0 aliphatic heterocycles. The third-order valence-corrected chi connectivity index (χ3v) is 5.31. The van der Waals surface area contributed by atoms with Crippen LogP contribution in [0.25, 0.3) is 17.2 Å². The summed E-state index contributed by atoms with van der Waals surface area (Å²) < 4.78 is 10.4. The van der Waals surface area contributed by atoms with Gasteiger partial charge in [0.05, 0.1) is 13.7 Å². The number of anilines is 1. The van der Waals surface area contributed by atoms with Crippen LogP contribution in [0, 0.1) is 6.92 Å². The minimum atomic E-state index is -0.455. The lowest BCUT2D eigenvalue weighted by molar-refractivity contribution is -0.111. The van der Waals surface area contributed by atoms with E-state index in [1.807, 2.05) is 60.8 Å². The Balaban J connectivity index is 1.83. The summed E-state index contributed by atoms with van der Waals surface area (Å²) in [5, 5.41) is 5.14. The topological polar surface area (TPSA) is 64.6 Å². The lowest BCUT2D eigenvalue weighted by atomic mass is 10.0. The second-order valence-electron chi connectivity index (χ2n) is 6.54. The molecular formula is C24H23NO4S. The van der Waals surface area contributed by atoms with Crippen LogP contribution in [-0.2, 0) is 9.53 Å². The van der Waals surface area contributed by atoms with Crippen LogP contribution in [0.4, 0.5) is 5.00 Å². The van der Waals surface area contributed by atoms with Gasteiger partial charge >= 0.3 is 5.97 Å². The van der Waals surface area contributed by atoms with Gasteiger partial charge in [0, 0.05) is 17.0 Å². The van der Waals surface area contributed by atoms with Gasteiger partial charge in [-0.2, -0.15) is 0 Å². The number of hydrogen-bond acceptors (Lipinski definition) is 5. The van der Waals surface area contributed by atoms with Crippen LogP contribution in [0.2, 0.25) is 0 Å². The molecule has 0 unspecified atom stereocenters. The van der Waals surface area contributed by atoms with Crippen LogP contribution in [0.15, 0.2) is 60.0 Å². The van der Waals surface area contributed by atoms with Gasteiger partial charge in [-0.3, -0.25) is 4.79 Å². The first kappa shape index (κ1) is 21.3. The van der Waals surface area contributed by atoms with Gasteiger partial charge in [0.15, 0.2) is 0 Å². The van der Waals surface area contributed by atoms with E-state index in [-0.39, 0.29) is 12.5 Å². The van der Waals surface area contributed by atoms with E-state index in [0.717, 1.165) is 28.0 Å². The van der Waals surface area contributed by atoms with Crippen LogP contribution in [0.1, 0.15) is 28.4 Å². The van der Waals surface area contributed by atoms with Gasteiger partial charge in [-0.15, -0.1) is 11.3 Å². The Morgan fingerprint density at radius 3 is 2.40 bits per heavy atom. The molecule has 0 radical (unpaired) electrons. The molecule has 0 bridgehead atoms. The van der Waals surface area contributed by atoms with Crippen LogP contribution in [0.5, 0.6) is 5.75 Å². The van der Waals surface area contributed by atoms with Crippen molar-refractivity contribution in [1.29, 1.82) is 0 Å². The number of hydrogen-bond donors (Lipinski definition) is 1. The number of nitrogens with one attached hydrogen (secondary N) is 1. The number of amides is 1. The van der Waals surface area contributed by atoms with E-state index < -0.39 is 5.97 Å². The summed E-state index contributed by atoms with van der Waals surface area (Å²) in [6, 6.07) is 15.2. The average Bonchev–Trinajstić information content (AvgIpc) is 3.17. The molecule has 5 nitrogen and oxygen atoms in total. The minimum absolute atomic E-state index is 0.257. The smallest absolute Gasteiger partial charge is 0.341 e. The number of thiophene rings is 1. The highest BCUT2D eigenvalue weighted by Gasteiger charge is 2.22. The van der Waals surface area contributed by atoms with E-state index in [2.05, 4.69) is 5.32 Å². The quantitative estimate of drug-likeness (QED) is 0.401. The van der Waals surface area contributed by atoms with Crippen molar-refractivity contribution >= 4 is 34.3 Å². The van der Waals surface area contributed by atoms with Gasteiger partial charge in [0.25, 0.3) is 0 Å². The van der Waals surface area contributed by atoms with E-state index in [1.54, 1.807) is 20.1 Å². The molecule has 0 saturated carbocycles. The molecule has 3 rings (SSSR count). The SMILES string of the molecule is CCOC(=O)c1c(-c2ccc(C)cc2)csc1NC(=O)C=Cc1ccc(OC)cc1. The maximum absolute atomic E-state index is 12.6. The Kier molecular flexibility index (Phi) is 7.03. The molecule has 30 heavy (non-hydrogen) atoms. The fraction of sp³-hybridized carbons (Fsp3) is 0.167. The highest BCUT2D eigenvalue weighted by molar-refractivity contribution is 7.15. The Bertz CT molecular complexity index is 1050. The van der Waals surface area contributed by atoms with Gasteiger partial charge in [-0.05, 0) is 43.2 Å². The summed E-state index contributed by atoms with van der Waals surface area (Å²) in [5.74, 6) is -0.0321. The van der Waals surface area contributed by atoms with Crippen LogP contribution in [-0.4, -0.2) is 25.6 Å². The molecule has 154 valence electrons. The summed E-state index contributed by atoms with van der Waals surface area (Å²) in [6.07, 6.45) is 3.13. The molecule has 3 aromatic rings. The minimum Gasteiger partial charge on any atom is -0.497 e. The van der Waals surface area contributed by atoms with Crippen LogP contribution in [0.3, 0.4) is 0 Å². The molecule has 1 aromatic heterocycles. The molecular weight excluding hydrogens is 398 g/mol. The predicted octanol–water partition coefficient (Wildman–Crippen LogP) is 5.56. The largest absolute Gasteiger partial charge is 0.497 e. The standard InChI is InChI=1S/C24H23NO4S/c1-4-29-24(27)22-20(18-10-5-16(2)6-11-18)15-30-23(22)25-21(26)14-9-17-7-12-19(28-3)13-8-17/h5-15H,4H2,1-3H3,(H,25,26). The lowest BCUT2D eigenvalue weighted by Gasteiger charge is -2.08. The number of aryl methyl sites for hydroxylation is 1. The summed E-state index contributed by atoms with van der Waals surface area (Å²) in [6.45, 7) is 4.02. The number of methoxy groups -OCH3 is 1. The van der Waals surface area contributed by atoms with Crippen molar-refractivity contribution in [1.82, 2.24) is 0 Å². The molecule has 1 heterocycles. The number of carbonyl (C=O) groups excluding carboxylic acids is 2. The number of carbonyl (C=O) groups is 2. The molecule has 1 N–H and O–H groups in total.